The average Bonchev–Trinajstić information content (AvgIpc) is 2.27. The number of aliphatic hydroxyl groups is 1. The van der Waals surface area contributed by atoms with Gasteiger partial charge in [0, 0.05) is 18.2 Å². The Bertz CT molecular complexity index is 363. The summed E-state index contributed by atoms with van der Waals surface area (Å²) in [5, 5.41) is 11.9. The number of rotatable bonds is 4. The van der Waals surface area contributed by atoms with Gasteiger partial charge in [-0.15, -0.1) is 0 Å². The summed E-state index contributed by atoms with van der Waals surface area (Å²) in [5.74, 6) is -0.0229. The maximum atomic E-state index is 11.8. The van der Waals surface area contributed by atoms with Gasteiger partial charge in [0.2, 0.25) is 0 Å². The topological polar surface area (TPSA) is 49.3 Å². The highest BCUT2D eigenvalue weighted by atomic mass is 16.3. The van der Waals surface area contributed by atoms with Crippen molar-refractivity contribution in [1.29, 1.82) is 0 Å². The van der Waals surface area contributed by atoms with Crippen LogP contribution in [0.3, 0.4) is 0 Å². The van der Waals surface area contributed by atoms with Crippen molar-refractivity contribution >= 4 is 5.91 Å². The molecule has 0 aliphatic rings. The maximum Gasteiger partial charge on any atom is 0.251 e. The Morgan fingerprint density at radius 3 is 2.69 bits per heavy atom. The van der Waals surface area contributed by atoms with Crippen molar-refractivity contribution in [2.24, 2.45) is 5.92 Å². The Balaban J connectivity index is 2.66. The Morgan fingerprint density at radius 2 is 2.12 bits per heavy atom. The van der Waals surface area contributed by atoms with Gasteiger partial charge in [-0.05, 0) is 31.9 Å². The van der Waals surface area contributed by atoms with Crippen molar-refractivity contribution in [3.8, 4) is 0 Å². The molecule has 2 atom stereocenters. The number of carbonyl (C=O) groups excluding carboxylic acids is 1. The molecule has 3 nitrogen and oxygen atoms in total. The summed E-state index contributed by atoms with van der Waals surface area (Å²) in [7, 11) is 0. The molecule has 0 aliphatic heterocycles. The number of carbonyl (C=O) groups is 1. The van der Waals surface area contributed by atoms with E-state index in [4.69, 9.17) is 5.11 Å². The van der Waals surface area contributed by atoms with Crippen LogP contribution in [0.1, 0.15) is 29.8 Å². The Labute approximate surface area is 96.5 Å². The standard InChI is InChI=1S/C13H19NO2/c1-9-5-4-6-12(7-9)13(16)14-11(3)10(2)8-15/h4-7,10-11,15H,8H2,1-3H3,(H,14,16). The first-order valence-corrected chi connectivity index (χ1v) is 5.53. The van der Waals surface area contributed by atoms with Crippen LogP contribution < -0.4 is 5.32 Å². The second kappa shape index (κ2) is 5.66. The fraction of sp³-hybridized carbons (Fsp3) is 0.462. The van der Waals surface area contributed by atoms with Crippen LogP contribution in [-0.4, -0.2) is 23.7 Å². The predicted molar refractivity (Wildman–Crippen MR) is 64.4 cm³/mol. The first-order chi connectivity index (χ1) is 7.54. The van der Waals surface area contributed by atoms with Crippen LogP contribution in [0, 0.1) is 12.8 Å². The number of amides is 1. The van der Waals surface area contributed by atoms with Crippen molar-refractivity contribution in [2.45, 2.75) is 26.8 Å². The second-order valence-corrected chi connectivity index (χ2v) is 4.29. The summed E-state index contributed by atoms with van der Waals surface area (Å²) in [6, 6.07) is 7.43. The van der Waals surface area contributed by atoms with E-state index in [0.29, 0.717) is 5.56 Å². The van der Waals surface area contributed by atoms with Crippen LogP contribution in [0.25, 0.3) is 0 Å². The van der Waals surface area contributed by atoms with Crippen molar-refractivity contribution in [2.75, 3.05) is 6.61 Å². The normalized spacial score (nSPS) is 14.2. The van der Waals surface area contributed by atoms with Gasteiger partial charge >= 0.3 is 0 Å². The number of hydrogen-bond donors (Lipinski definition) is 2. The average molecular weight is 221 g/mol. The van der Waals surface area contributed by atoms with E-state index >= 15 is 0 Å². The van der Waals surface area contributed by atoms with Crippen molar-refractivity contribution < 1.29 is 9.90 Å². The quantitative estimate of drug-likeness (QED) is 0.813. The molecule has 16 heavy (non-hydrogen) atoms. The molecule has 0 fully saturated rings. The molecule has 88 valence electrons. The van der Waals surface area contributed by atoms with Crippen LogP contribution in [0.15, 0.2) is 24.3 Å². The summed E-state index contributed by atoms with van der Waals surface area (Å²) in [4.78, 5) is 11.8. The third-order valence-corrected chi connectivity index (χ3v) is 2.78. The molecule has 1 aromatic rings. The van der Waals surface area contributed by atoms with E-state index in [9.17, 15) is 4.79 Å². The molecule has 1 aromatic carbocycles. The van der Waals surface area contributed by atoms with Gasteiger partial charge in [-0.2, -0.15) is 0 Å². The number of hydrogen-bond acceptors (Lipinski definition) is 2. The SMILES string of the molecule is Cc1cccc(C(=O)NC(C)C(C)CO)c1. The number of aliphatic hydroxyl groups excluding tert-OH is 1. The molecule has 0 heterocycles. The summed E-state index contributed by atoms with van der Waals surface area (Å²) in [6.07, 6.45) is 0. The van der Waals surface area contributed by atoms with Crippen molar-refractivity contribution in [3.63, 3.8) is 0 Å². The monoisotopic (exact) mass is 221 g/mol. The van der Waals surface area contributed by atoms with Crippen molar-refractivity contribution in [1.82, 2.24) is 5.32 Å². The predicted octanol–water partition coefficient (Wildman–Crippen LogP) is 1.74. The fourth-order valence-electron chi connectivity index (χ4n) is 1.38. The van der Waals surface area contributed by atoms with Gasteiger partial charge in [-0.1, -0.05) is 24.6 Å². The van der Waals surface area contributed by atoms with Crippen LogP contribution in [-0.2, 0) is 0 Å². The van der Waals surface area contributed by atoms with Crippen LogP contribution >= 0.6 is 0 Å². The number of aryl methyl sites for hydroxylation is 1. The molecule has 0 aliphatic carbocycles. The summed E-state index contributed by atoms with van der Waals surface area (Å²) >= 11 is 0. The molecule has 0 saturated carbocycles. The summed E-state index contributed by atoms with van der Waals surface area (Å²) in [6.45, 7) is 5.83. The van der Waals surface area contributed by atoms with E-state index in [1.165, 1.54) is 0 Å². The lowest BCUT2D eigenvalue weighted by Gasteiger charge is -2.19. The Morgan fingerprint density at radius 1 is 1.44 bits per heavy atom. The van der Waals surface area contributed by atoms with E-state index in [1.807, 2.05) is 39.0 Å². The number of benzene rings is 1. The lowest BCUT2D eigenvalue weighted by atomic mass is 10.0. The smallest absolute Gasteiger partial charge is 0.251 e. The second-order valence-electron chi connectivity index (χ2n) is 4.29. The van der Waals surface area contributed by atoms with E-state index in [2.05, 4.69) is 5.32 Å². The third kappa shape index (κ3) is 3.35. The van der Waals surface area contributed by atoms with Crippen LogP contribution in [0.2, 0.25) is 0 Å². The molecule has 0 radical (unpaired) electrons. The molecular weight excluding hydrogens is 202 g/mol. The zero-order valence-corrected chi connectivity index (χ0v) is 10.0. The molecule has 2 N–H and O–H groups in total. The van der Waals surface area contributed by atoms with E-state index in [-0.39, 0.29) is 24.5 Å². The Kier molecular flexibility index (Phi) is 4.50. The van der Waals surface area contributed by atoms with Crippen LogP contribution in [0.5, 0.6) is 0 Å². The highest BCUT2D eigenvalue weighted by Gasteiger charge is 2.14. The van der Waals surface area contributed by atoms with Gasteiger partial charge in [0.05, 0.1) is 0 Å². The fourth-order valence-corrected chi connectivity index (χ4v) is 1.38. The first kappa shape index (κ1) is 12.7. The largest absolute Gasteiger partial charge is 0.396 e. The van der Waals surface area contributed by atoms with E-state index in [1.54, 1.807) is 6.07 Å². The van der Waals surface area contributed by atoms with Gasteiger partial charge in [0.25, 0.3) is 5.91 Å². The molecule has 3 heteroatoms. The summed E-state index contributed by atoms with van der Waals surface area (Å²) in [5.41, 5.74) is 1.73. The minimum atomic E-state index is -0.0866. The molecule has 2 unspecified atom stereocenters. The van der Waals surface area contributed by atoms with Crippen LogP contribution in [0.4, 0.5) is 0 Å². The van der Waals surface area contributed by atoms with E-state index < -0.39 is 0 Å². The minimum Gasteiger partial charge on any atom is -0.396 e. The maximum absolute atomic E-state index is 11.8. The molecule has 0 aromatic heterocycles. The molecular formula is C13H19NO2. The highest BCUT2D eigenvalue weighted by Crippen LogP contribution is 2.06. The van der Waals surface area contributed by atoms with Gasteiger partial charge in [-0.25, -0.2) is 0 Å². The Hall–Kier alpha value is -1.35. The zero-order valence-electron chi connectivity index (χ0n) is 10.0. The third-order valence-electron chi connectivity index (χ3n) is 2.78. The van der Waals surface area contributed by atoms with E-state index in [0.717, 1.165) is 5.56 Å². The summed E-state index contributed by atoms with van der Waals surface area (Å²) < 4.78 is 0. The lowest BCUT2D eigenvalue weighted by molar-refractivity contribution is 0.0916. The first-order valence-electron chi connectivity index (χ1n) is 5.53. The molecule has 0 spiro atoms. The van der Waals surface area contributed by atoms with Gasteiger partial charge in [0.15, 0.2) is 0 Å². The molecule has 1 amide bonds. The molecule has 0 saturated heterocycles. The lowest BCUT2D eigenvalue weighted by Crippen LogP contribution is -2.38. The minimum absolute atomic E-state index is 0.0296. The highest BCUT2D eigenvalue weighted by molar-refractivity contribution is 5.94. The van der Waals surface area contributed by atoms with Gasteiger partial charge in [-0.3, -0.25) is 4.79 Å². The zero-order chi connectivity index (χ0) is 12.1. The van der Waals surface area contributed by atoms with Gasteiger partial charge in [0.1, 0.15) is 0 Å². The van der Waals surface area contributed by atoms with Gasteiger partial charge < -0.3 is 10.4 Å². The molecule has 1 rings (SSSR count). The molecule has 0 bridgehead atoms. The van der Waals surface area contributed by atoms with Crippen molar-refractivity contribution in [3.05, 3.63) is 35.4 Å². The number of nitrogens with one attached hydrogen (secondary N) is 1.